The fourth-order valence-electron chi connectivity index (χ4n) is 0.842. The minimum atomic E-state index is -0.655. The Morgan fingerprint density at radius 3 is 2.00 bits per heavy atom. The Balaban J connectivity index is 0.000000168. The van der Waals surface area contributed by atoms with Gasteiger partial charge in [-0.15, -0.1) is 0 Å². The summed E-state index contributed by atoms with van der Waals surface area (Å²) < 4.78 is 15.1. The molecule has 2 rings (SSSR count). The van der Waals surface area contributed by atoms with Crippen LogP contribution in [0.3, 0.4) is 0 Å². The topological polar surface area (TPSA) is 74.8 Å². The standard InChI is InChI=1S/C6H10O3.C5H8O2/c1(5-3-8-5)7-2-6-4-9-6;1-2-3-4-5(6)7/h5-6H,1-4H2;2-4,6-7H,1H3/b;3-2+. The van der Waals surface area contributed by atoms with Crippen molar-refractivity contribution in [1.29, 1.82) is 0 Å². The molecule has 0 aliphatic carbocycles. The fraction of sp³-hybridized carbons (Fsp3) is 0.636. The molecule has 2 N–H and O–H groups in total. The molecule has 2 atom stereocenters. The van der Waals surface area contributed by atoms with Crippen LogP contribution in [-0.2, 0) is 14.2 Å². The van der Waals surface area contributed by atoms with Crippen LogP contribution in [-0.4, -0.2) is 48.8 Å². The number of aliphatic hydroxyl groups excluding tert-OH is 1. The fourth-order valence-corrected chi connectivity index (χ4v) is 0.842. The van der Waals surface area contributed by atoms with Crippen molar-refractivity contribution in [1.82, 2.24) is 0 Å². The molecule has 0 amide bonds. The van der Waals surface area contributed by atoms with Gasteiger partial charge in [0.05, 0.1) is 26.4 Å². The highest BCUT2D eigenvalue weighted by atomic mass is 16.6. The molecule has 5 nitrogen and oxygen atoms in total. The first-order valence-electron chi connectivity index (χ1n) is 5.24. The zero-order valence-corrected chi connectivity index (χ0v) is 9.33. The third-order valence-corrected chi connectivity index (χ3v) is 1.85. The lowest BCUT2D eigenvalue weighted by molar-refractivity contribution is 0.102. The summed E-state index contributed by atoms with van der Waals surface area (Å²) in [5, 5.41) is 16.1. The minimum absolute atomic E-state index is 0.392. The monoisotopic (exact) mass is 230 g/mol. The molecule has 2 saturated heterocycles. The van der Waals surface area contributed by atoms with Gasteiger partial charge in [0.2, 0.25) is 0 Å². The van der Waals surface area contributed by atoms with Gasteiger partial charge < -0.3 is 24.4 Å². The van der Waals surface area contributed by atoms with Gasteiger partial charge in [-0.2, -0.15) is 0 Å². The number of aliphatic hydroxyl groups is 2. The average Bonchev–Trinajstić information content (AvgIpc) is 3.09. The molecule has 2 aliphatic heterocycles. The maximum Gasteiger partial charge on any atom is 0.274 e. The largest absolute Gasteiger partial charge is 0.481 e. The van der Waals surface area contributed by atoms with Crippen molar-refractivity contribution >= 4 is 0 Å². The molecule has 0 saturated carbocycles. The van der Waals surface area contributed by atoms with Gasteiger partial charge >= 0.3 is 0 Å². The Morgan fingerprint density at radius 2 is 1.75 bits per heavy atom. The molecule has 5 heteroatoms. The lowest BCUT2D eigenvalue weighted by Crippen LogP contribution is -2.06. The second kappa shape index (κ2) is 7.27. The maximum absolute atomic E-state index is 8.05. The van der Waals surface area contributed by atoms with E-state index in [1.165, 1.54) is 12.2 Å². The molecule has 0 aromatic heterocycles. The highest BCUT2D eigenvalue weighted by Crippen LogP contribution is 2.12. The van der Waals surface area contributed by atoms with Crippen molar-refractivity contribution in [3.05, 3.63) is 24.2 Å². The van der Waals surface area contributed by atoms with E-state index in [2.05, 4.69) is 0 Å². The maximum atomic E-state index is 8.05. The van der Waals surface area contributed by atoms with Crippen molar-refractivity contribution in [2.75, 3.05) is 26.4 Å². The van der Waals surface area contributed by atoms with Gasteiger partial charge in [-0.3, -0.25) is 0 Å². The Labute approximate surface area is 94.9 Å². The van der Waals surface area contributed by atoms with Gasteiger partial charge in [0.1, 0.15) is 12.2 Å². The predicted molar refractivity (Wildman–Crippen MR) is 58.5 cm³/mol. The molecule has 0 aromatic carbocycles. The van der Waals surface area contributed by atoms with Crippen LogP contribution in [0.4, 0.5) is 0 Å². The number of hydrogen-bond acceptors (Lipinski definition) is 5. The lowest BCUT2D eigenvalue weighted by Gasteiger charge is -1.95. The van der Waals surface area contributed by atoms with E-state index in [0.717, 1.165) is 26.4 Å². The first-order chi connectivity index (χ1) is 7.72. The summed E-state index contributed by atoms with van der Waals surface area (Å²) >= 11 is 0. The Kier molecular flexibility index (Phi) is 5.92. The molecule has 2 aliphatic rings. The second-order valence-corrected chi connectivity index (χ2v) is 3.50. The predicted octanol–water partition coefficient (Wildman–Crippen LogP) is 1.32. The van der Waals surface area contributed by atoms with Crippen molar-refractivity contribution in [3.63, 3.8) is 0 Å². The summed E-state index contributed by atoms with van der Waals surface area (Å²) in [6.45, 7) is 5.05. The van der Waals surface area contributed by atoms with Crippen LogP contribution in [0.25, 0.3) is 0 Å². The molecule has 92 valence electrons. The third kappa shape index (κ3) is 8.28. The lowest BCUT2D eigenvalue weighted by atomic mass is 10.5. The first-order valence-corrected chi connectivity index (χ1v) is 5.24. The number of allylic oxidation sites excluding steroid dienone is 3. The van der Waals surface area contributed by atoms with Crippen molar-refractivity contribution < 1.29 is 24.4 Å². The Morgan fingerprint density at radius 1 is 1.25 bits per heavy atom. The van der Waals surface area contributed by atoms with Crippen LogP contribution >= 0.6 is 0 Å². The van der Waals surface area contributed by atoms with Crippen molar-refractivity contribution in [3.8, 4) is 0 Å². The summed E-state index contributed by atoms with van der Waals surface area (Å²) in [6.07, 6.45) is 5.22. The van der Waals surface area contributed by atoms with E-state index in [-0.39, 0.29) is 0 Å². The quantitative estimate of drug-likeness (QED) is 0.423. The SMILES string of the molecule is C(OCC1CO1)C1CO1.C/C=C/C=C(O)O. The van der Waals surface area contributed by atoms with Gasteiger partial charge in [-0.1, -0.05) is 12.2 Å². The van der Waals surface area contributed by atoms with Crippen molar-refractivity contribution in [2.24, 2.45) is 0 Å². The van der Waals surface area contributed by atoms with Crippen LogP contribution in [0.15, 0.2) is 24.2 Å². The molecule has 2 fully saturated rings. The first kappa shape index (κ1) is 13.0. The van der Waals surface area contributed by atoms with E-state index in [0.29, 0.717) is 12.2 Å². The van der Waals surface area contributed by atoms with E-state index in [9.17, 15) is 0 Å². The Hall–Kier alpha value is -1.04. The van der Waals surface area contributed by atoms with E-state index >= 15 is 0 Å². The van der Waals surface area contributed by atoms with Crippen molar-refractivity contribution in [2.45, 2.75) is 19.1 Å². The van der Waals surface area contributed by atoms with E-state index in [1.54, 1.807) is 13.0 Å². The van der Waals surface area contributed by atoms with Gasteiger partial charge in [0, 0.05) is 6.08 Å². The summed E-state index contributed by atoms with van der Waals surface area (Å²) in [7, 11) is 0. The molecular weight excluding hydrogens is 212 g/mol. The van der Waals surface area contributed by atoms with Gasteiger partial charge in [-0.25, -0.2) is 0 Å². The van der Waals surface area contributed by atoms with Gasteiger partial charge in [-0.05, 0) is 6.92 Å². The number of rotatable bonds is 5. The number of epoxide rings is 2. The zero-order chi connectivity index (χ0) is 11.8. The molecule has 0 aromatic rings. The number of hydrogen-bond donors (Lipinski definition) is 2. The molecule has 2 heterocycles. The van der Waals surface area contributed by atoms with Crippen LogP contribution < -0.4 is 0 Å². The molecule has 0 spiro atoms. The number of ether oxygens (including phenoxy) is 3. The van der Waals surface area contributed by atoms with E-state index < -0.39 is 5.95 Å². The zero-order valence-electron chi connectivity index (χ0n) is 9.33. The molecular formula is C11H18O5. The van der Waals surface area contributed by atoms with Crippen LogP contribution in [0.1, 0.15) is 6.92 Å². The molecule has 16 heavy (non-hydrogen) atoms. The normalized spacial score (nSPS) is 25.8. The minimum Gasteiger partial charge on any atom is -0.481 e. The second-order valence-electron chi connectivity index (χ2n) is 3.50. The Bertz CT molecular complexity index is 225. The van der Waals surface area contributed by atoms with Crippen LogP contribution in [0.2, 0.25) is 0 Å². The molecule has 2 unspecified atom stereocenters. The van der Waals surface area contributed by atoms with E-state index in [4.69, 9.17) is 24.4 Å². The van der Waals surface area contributed by atoms with Gasteiger partial charge in [0.15, 0.2) is 0 Å². The highest BCUT2D eigenvalue weighted by Gasteiger charge is 2.26. The van der Waals surface area contributed by atoms with Gasteiger partial charge in [0.25, 0.3) is 5.95 Å². The summed E-state index contributed by atoms with van der Waals surface area (Å²) in [4.78, 5) is 0. The summed E-state index contributed by atoms with van der Waals surface area (Å²) in [5.41, 5.74) is 0. The third-order valence-electron chi connectivity index (χ3n) is 1.85. The van der Waals surface area contributed by atoms with Crippen LogP contribution in [0.5, 0.6) is 0 Å². The summed E-state index contributed by atoms with van der Waals surface area (Å²) in [6, 6.07) is 0. The van der Waals surface area contributed by atoms with Crippen LogP contribution in [0, 0.1) is 0 Å². The summed E-state index contributed by atoms with van der Waals surface area (Å²) in [5.74, 6) is -0.655. The molecule has 0 bridgehead atoms. The average molecular weight is 230 g/mol. The van der Waals surface area contributed by atoms with E-state index in [1.807, 2.05) is 0 Å². The highest BCUT2D eigenvalue weighted by molar-refractivity contribution is 5.00. The molecule has 0 radical (unpaired) electrons. The smallest absolute Gasteiger partial charge is 0.274 e.